The van der Waals surface area contributed by atoms with Gasteiger partial charge in [-0.25, -0.2) is 0 Å². The van der Waals surface area contributed by atoms with Crippen LogP contribution in [0.3, 0.4) is 0 Å². The van der Waals surface area contributed by atoms with Gasteiger partial charge in [0.15, 0.2) is 0 Å². The molecule has 4 nitrogen and oxygen atoms in total. The Morgan fingerprint density at radius 3 is 2.95 bits per heavy atom. The molecule has 1 amide bonds. The molecule has 4 heteroatoms. The molecular weight excluding hydrogens is 250 g/mol. The number of hydrogen-bond acceptors (Lipinski definition) is 2. The fourth-order valence-corrected chi connectivity index (χ4v) is 3.36. The maximum absolute atomic E-state index is 12.8. The first-order valence-corrected chi connectivity index (χ1v) is 7.77. The highest BCUT2D eigenvalue weighted by atomic mass is 16.2. The van der Waals surface area contributed by atoms with Crippen LogP contribution in [0.4, 0.5) is 0 Å². The van der Waals surface area contributed by atoms with Gasteiger partial charge in [0.2, 0.25) is 5.91 Å². The van der Waals surface area contributed by atoms with Crippen molar-refractivity contribution in [2.75, 3.05) is 6.54 Å². The predicted octanol–water partition coefficient (Wildman–Crippen LogP) is 2.62. The van der Waals surface area contributed by atoms with E-state index in [0.29, 0.717) is 11.9 Å². The van der Waals surface area contributed by atoms with Crippen LogP contribution >= 0.6 is 0 Å². The van der Waals surface area contributed by atoms with Crippen molar-refractivity contribution in [3.63, 3.8) is 0 Å². The van der Waals surface area contributed by atoms with Gasteiger partial charge in [-0.15, -0.1) is 0 Å². The van der Waals surface area contributed by atoms with Crippen molar-refractivity contribution >= 4 is 5.91 Å². The summed E-state index contributed by atoms with van der Waals surface area (Å²) in [5.74, 6) is 0.574. The Balaban J connectivity index is 1.68. The van der Waals surface area contributed by atoms with E-state index < -0.39 is 0 Å². The van der Waals surface area contributed by atoms with Crippen LogP contribution in [0.5, 0.6) is 0 Å². The first-order valence-electron chi connectivity index (χ1n) is 7.77. The van der Waals surface area contributed by atoms with Crippen LogP contribution in [0.15, 0.2) is 30.6 Å². The molecule has 0 spiro atoms. The van der Waals surface area contributed by atoms with Gasteiger partial charge in [-0.1, -0.05) is 12.2 Å². The molecule has 1 aliphatic heterocycles. The second-order valence-electron chi connectivity index (χ2n) is 5.89. The average Bonchev–Trinajstić information content (AvgIpc) is 3.01. The van der Waals surface area contributed by atoms with E-state index >= 15 is 0 Å². The zero-order valence-corrected chi connectivity index (χ0v) is 11.9. The number of amides is 1. The lowest BCUT2D eigenvalue weighted by Crippen LogP contribution is -2.48. The summed E-state index contributed by atoms with van der Waals surface area (Å²) in [7, 11) is 0. The number of rotatable bonds is 3. The van der Waals surface area contributed by atoms with Crippen molar-refractivity contribution < 1.29 is 4.79 Å². The van der Waals surface area contributed by atoms with Crippen LogP contribution < -0.4 is 0 Å². The fourth-order valence-electron chi connectivity index (χ4n) is 3.36. The minimum atomic E-state index is 0.207. The summed E-state index contributed by atoms with van der Waals surface area (Å²) in [5.41, 5.74) is 0. The van der Waals surface area contributed by atoms with E-state index in [2.05, 4.69) is 22.2 Å². The Labute approximate surface area is 120 Å². The molecule has 2 atom stereocenters. The van der Waals surface area contributed by atoms with Crippen molar-refractivity contribution in [1.82, 2.24) is 14.7 Å². The van der Waals surface area contributed by atoms with Crippen LogP contribution in [0.1, 0.15) is 38.5 Å². The van der Waals surface area contributed by atoms with Crippen molar-refractivity contribution in [3.05, 3.63) is 30.6 Å². The third-order valence-electron chi connectivity index (χ3n) is 4.49. The topological polar surface area (TPSA) is 38.1 Å². The van der Waals surface area contributed by atoms with Gasteiger partial charge in [-0.2, -0.15) is 5.10 Å². The molecule has 2 aliphatic rings. The number of carbonyl (C=O) groups excluding carboxylic acids is 1. The van der Waals surface area contributed by atoms with Crippen LogP contribution in [0.2, 0.25) is 0 Å². The summed E-state index contributed by atoms with van der Waals surface area (Å²) in [6.07, 6.45) is 14.6. The second kappa shape index (κ2) is 6.25. The van der Waals surface area contributed by atoms with Gasteiger partial charge in [0, 0.05) is 24.9 Å². The number of likely N-dealkylation sites (tertiary alicyclic amines) is 1. The smallest absolute Gasteiger partial charge is 0.226 e. The largest absolute Gasteiger partial charge is 0.338 e. The van der Waals surface area contributed by atoms with E-state index in [0.717, 1.165) is 45.2 Å². The predicted molar refractivity (Wildman–Crippen MR) is 78.1 cm³/mol. The highest BCUT2D eigenvalue weighted by molar-refractivity contribution is 5.79. The number of nitrogens with zero attached hydrogens (tertiary/aromatic N) is 3. The molecule has 108 valence electrons. The summed E-state index contributed by atoms with van der Waals surface area (Å²) in [4.78, 5) is 14.9. The van der Waals surface area contributed by atoms with Crippen LogP contribution in [-0.2, 0) is 11.3 Å². The molecule has 1 aromatic heterocycles. The SMILES string of the molecule is O=C([C@H]1CC=CCC1)N1CCCC[C@@H]1Cn1cccn1. The molecule has 0 unspecified atom stereocenters. The van der Waals surface area contributed by atoms with Gasteiger partial charge >= 0.3 is 0 Å². The first kappa shape index (κ1) is 13.4. The van der Waals surface area contributed by atoms with E-state index in [-0.39, 0.29) is 5.92 Å². The molecule has 3 rings (SSSR count). The van der Waals surface area contributed by atoms with E-state index in [1.807, 2.05) is 16.9 Å². The maximum atomic E-state index is 12.8. The molecule has 2 heterocycles. The molecule has 0 saturated carbocycles. The van der Waals surface area contributed by atoms with E-state index in [4.69, 9.17) is 0 Å². The van der Waals surface area contributed by atoms with Gasteiger partial charge < -0.3 is 4.90 Å². The van der Waals surface area contributed by atoms with Crippen LogP contribution in [-0.4, -0.2) is 33.2 Å². The van der Waals surface area contributed by atoms with Gasteiger partial charge in [0.25, 0.3) is 0 Å². The molecule has 0 N–H and O–H groups in total. The quantitative estimate of drug-likeness (QED) is 0.794. The van der Waals surface area contributed by atoms with Gasteiger partial charge in [0.1, 0.15) is 0 Å². The number of piperidine rings is 1. The number of allylic oxidation sites excluding steroid dienone is 2. The zero-order chi connectivity index (χ0) is 13.8. The Bertz CT molecular complexity index is 466. The second-order valence-corrected chi connectivity index (χ2v) is 5.89. The number of hydrogen-bond donors (Lipinski definition) is 0. The molecule has 1 fully saturated rings. The Hall–Kier alpha value is -1.58. The molecule has 0 radical (unpaired) electrons. The number of aromatic nitrogens is 2. The van der Waals surface area contributed by atoms with Crippen molar-refractivity contribution in [1.29, 1.82) is 0 Å². The highest BCUT2D eigenvalue weighted by Crippen LogP contribution is 2.26. The van der Waals surface area contributed by atoms with Crippen molar-refractivity contribution in [3.8, 4) is 0 Å². The minimum Gasteiger partial charge on any atom is -0.338 e. The molecule has 0 aromatic carbocycles. The molecule has 1 aliphatic carbocycles. The normalized spacial score (nSPS) is 26.7. The summed E-state index contributed by atoms with van der Waals surface area (Å²) >= 11 is 0. The van der Waals surface area contributed by atoms with E-state index in [1.165, 1.54) is 6.42 Å². The molecule has 1 saturated heterocycles. The van der Waals surface area contributed by atoms with Crippen LogP contribution in [0.25, 0.3) is 0 Å². The average molecular weight is 273 g/mol. The standard InChI is InChI=1S/C16H23N3O/c20-16(14-7-2-1-3-8-14)19-12-5-4-9-15(19)13-18-11-6-10-17-18/h1-2,6,10-11,14-15H,3-5,7-9,12-13H2/t14-,15+/m0/s1. The lowest BCUT2D eigenvalue weighted by molar-refractivity contribution is -0.140. The van der Waals surface area contributed by atoms with E-state index in [9.17, 15) is 4.79 Å². The summed E-state index contributed by atoms with van der Waals surface area (Å²) < 4.78 is 1.96. The lowest BCUT2D eigenvalue weighted by Gasteiger charge is -2.38. The third-order valence-corrected chi connectivity index (χ3v) is 4.49. The van der Waals surface area contributed by atoms with E-state index in [1.54, 1.807) is 6.20 Å². The van der Waals surface area contributed by atoms with Crippen molar-refractivity contribution in [2.24, 2.45) is 5.92 Å². The number of carbonyl (C=O) groups is 1. The van der Waals surface area contributed by atoms with Crippen LogP contribution in [0, 0.1) is 5.92 Å². The molecular formula is C16H23N3O. The summed E-state index contributed by atoms with van der Waals surface area (Å²) in [6, 6.07) is 2.27. The lowest BCUT2D eigenvalue weighted by atomic mass is 9.91. The fraction of sp³-hybridized carbons (Fsp3) is 0.625. The van der Waals surface area contributed by atoms with Gasteiger partial charge in [0.05, 0.1) is 12.6 Å². The first-order chi connectivity index (χ1) is 9.84. The Kier molecular flexibility index (Phi) is 4.19. The molecule has 0 bridgehead atoms. The van der Waals surface area contributed by atoms with Crippen molar-refractivity contribution in [2.45, 2.75) is 51.1 Å². The Morgan fingerprint density at radius 2 is 2.20 bits per heavy atom. The minimum absolute atomic E-state index is 0.207. The summed E-state index contributed by atoms with van der Waals surface area (Å²) in [6.45, 7) is 1.76. The molecule has 1 aromatic rings. The molecule has 20 heavy (non-hydrogen) atoms. The highest BCUT2D eigenvalue weighted by Gasteiger charge is 2.31. The van der Waals surface area contributed by atoms with Gasteiger partial charge in [-0.05, 0) is 44.6 Å². The zero-order valence-electron chi connectivity index (χ0n) is 11.9. The third kappa shape index (κ3) is 2.94. The maximum Gasteiger partial charge on any atom is 0.226 e. The Morgan fingerprint density at radius 1 is 1.25 bits per heavy atom. The van der Waals surface area contributed by atoms with Gasteiger partial charge in [-0.3, -0.25) is 9.48 Å². The summed E-state index contributed by atoms with van der Waals surface area (Å²) in [5, 5.41) is 4.28. The monoisotopic (exact) mass is 273 g/mol.